The van der Waals surface area contributed by atoms with E-state index in [2.05, 4.69) is 4.74 Å². The minimum atomic E-state index is -0.606. The third-order valence-corrected chi connectivity index (χ3v) is 3.11. The van der Waals surface area contributed by atoms with Crippen LogP contribution in [0.5, 0.6) is 0 Å². The number of halogens is 1. The summed E-state index contributed by atoms with van der Waals surface area (Å²) in [5, 5.41) is 0. The topological polar surface area (TPSA) is 46.6 Å². The zero-order valence-corrected chi connectivity index (χ0v) is 12.3. The maximum Gasteiger partial charge on any atom is 0.337 e. The summed E-state index contributed by atoms with van der Waals surface area (Å²) in [6.07, 6.45) is 1.67. The number of amides is 1. The quantitative estimate of drug-likeness (QED) is 0.779. The van der Waals surface area contributed by atoms with Crippen LogP contribution in [-0.4, -0.2) is 25.0 Å². The third kappa shape index (κ3) is 3.56. The molecule has 0 heterocycles. The van der Waals surface area contributed by atoms with Crippen LogP contribution in [0.3, 0.4) is 0 Å². The lowest BCUT2D eigenvalue weighted by atomic mass is 10.1. The second-order valence-corrected chi connectivity index (χ2v) is 4.68. The van der Waals surface area contributed by atoms with Crippen LogP contribution in [0.15, 0.2) is 18.2 Å². The van der Waals surface area contributed by atoms with E-state index < -0.39 is 11.8 Å². The maximum atomic E-state index is 14.2. The minimum absolute atomic E-state index is 0.101. The van der Waals surface area contributed by atoms with Crippen molar-refractivity contribution in [2.75, 3.05) is 12.0 Å². The van der Waals surface area contributed by atoms with Gasteiger partial charge in [-0.25, -0.2) is 9.18 Å². The Kier molecular flexibility index (Phi) is 5.67. The summed E-state index contributed by atoms with van der Waals surface area (Å²) in [6, 6.07) is 3.89. The van der Waals surface area contributed by atoms with Crippen molar-refractivity contribution in [3.8, 4) is 0 Å². The standard InChI is InChI=1S/C15H20FNO3/c1-5-6-10(2)17(11(3)18)14-8-7-12(9-13(14)16)15(19)20-4/h7-10H,5-6H2,1-4H3/t10-/m1/s1. The second kappa shape index (κ2) is 7.03. The molecule has 0 aliphatic rings. The minimum Gasteiger partial charge on any atom is -0.465 e. The van der Waals surface area contributed by atoms with Gasteiger partial charge < -0.3 is 9.64 Å². The van der Waals surface area contributed by atoms with Crippen LogP contribution < -0.4 is 4.90 Å². The molecule has 1 aromatic carbocycles. The Bertz CT molecular complexity index is 502. The molecule has 0 unspecified atom stereocenters. The van der Waals surface area contributed by atoms with Crippen molar-refractivity contribution in [2.24, 2.45) is 0 Å². The molecule has 0 saturated heterocycles. The highest BCUT2D eigenvalue weighted by Crippen LogP contribution is 2.24. The van der Waals surface area contributed by atoms with E-state index in [1.807, 2.05) is 13.8 Å². The number of carbonyl (C=O) groups is 2. The number of carbonyl (C=O) groups excluding carboxylic acids is 2. The van der Waals surface area contributed by atoms with Gasteiger partial charge in [-0.1, -0.05) is 13.3 Å². The van der Waals surface area contributed by atoms with Gasteiger partial charge in [-0.05, 0) is 31.5 Å². The first-order chi connectivity index (χ1) is 9.42. The molecule has 0 aromatic heterocycles. The van der Waals surface area contributed by atoms with Crippen LogP contribution in [0.1, 0.15) is 44.0 Å². The smallest absolute Gasteiger partial charge is 0.337 e. The zero-order valence-electron chi connectivity index (χ0n) is 12.3. The number of esters is 1. The van der Waals surface area contributed by atoms with Gasteiger partial charge in [-0.15, -0.1) is 0 Å². The highest BCUT2D eigenvalue weighted by molar-refractivity contribution is 5.94. The predicted octanol–water partition coefficient (Wildman–Crippen LogP) is 3.15. The molecule has 110 valence electrons. The van der Waals surface area contributed by atoms with Gasteiger partial charge in [0.15, 0.2) is 0 Å². The summed E-state index contributed by atoms with van der Waals surface area (Å²) in [7, 11) is 1.24. The Morgan fingerprint density at radius 1 is 1.40 bits per heavy atom. The van der Waals surface area contributed by atoms with Crippen molar-refractivity contribution in [2.45, 2.75) is 39.7 Å². The van der Waals surface area contributed by atoms with Gasteiger partial charge in [0.2, 0.25) is 5.91 Å². The van der Waals surface area contributed by atoms with Crippen LogP contribution in [-0.2, 0) is 9.53 Å². The predicted molar refractivity (Wildman–Crippen MR) is 75.3 cm³/mol. The van der Waals surface area contributed by atoms with Gasteiger partial charge in [-0.2, -0.15) is 0 Å². The Balaban J connectivity index is 3.15. The third-order valence-electron chi connectivity index (χ3n) is 3.11. The first-order valence-corrected chi connectivity index (χ1v) is 6.60. The molecule has 0 fully saturated rings. The van der Waals surface area contributed by atoms with Crippen LogP contribution in [0.2, 0.25) is 0 Å². The lowest BCUT2D eigenvalue weighted by Crippen LogP contribution is -2.37. The second-order valence-electron chi connectivity index (χ2n) is 4.68. The highest BCUT2D eigenvalue weighted by Gasteiger charge is 2.22. The largest absolute Gasteiger partial charge is 0.465 e. The molecule has 1 aromatic rings. The number of benzene rings is 1. The molecule has 20 heavy (non-hydrogen) atoms. The maximum absolute atomic E-state index is 14.2. The van der Waals surface area contributed by atoms with Crippen LogP contribution in [0.4, 0.5) is 10.1 Å². The monoisotopic (exact) mass is 281 g/mol. The summed E-state index contributed by atoms with van der Waals surface area (Å²) >= 11 is 0. The van der Waals surface area contributed by atoms with Crippen LogP contribution in [0, 0.1) is 5.82 Å². The Morgan fingerprint density at radius 2 is 2.05 bits per heavy atom. The summed E-state index contributed by atoms with van der Waals surface area (Å²) in [4.78, 5) is 24.5. The van der Waals surface area contributed by atoms with E-state index in [9.17, 15) is 14.0 Å². The molecule has 0 spiro atoms. The fourth-order valence-corrected chi connectivity index (χ4v) is 2.21. The molecular weight excluding hydrogens is 261 g/mol. The molecule has 5 heteroatoms. The van der Waals surface area contributed by atoms with Crippen molar-refractivity contribution in [1.82, 2.24) is 0 Å². The average Bonchev–Trinajstić information content (AvgIpc) is 2.39. The van der Waals surface area contributed by atoms with Gasteiger partial charge in [0, 0.05) is 13.0 Å². The number of nitrogens with zero attached hydrogens (tertiary/aromatic N) is 1. The van der Waals surface area contributed by atoms with E-state index in [4.69, 9.17) is 0 Å². The van der Waals surface area contributed by atoms with Crippen molar-refractivity contribution >= 4 is 17.6 Å². The van der Waals surface area contributed by atoms with E-state index in [1.54, 1.807) is 0 Å². The van der Waals surface area contributed by atoms with Crippen LogP contribution >= 0.6 is 0 Å². The molecular formula is C15H20FNO3. The molecule has 0 N–H and O–H groups in total. The van der Waals surface area contributed by atoms with Crippen molar-refractivity contribution in [3.63, 3.8) is 0 Å². The molecule has 0 bridgehead atoms. The number of hydrogen-bond acceptors (Lipinski definition) is 3. The first kappa shape index (κ1) is 16.1. The summed E-state index contributed by atoms with van der Waals surface area (Å²) in [6.45, 7) is 5.28. The van der Waals surface area contributed by atoms with E-state index in [-0.39, 0.29) is 23.2 Å². The lowest BCUT2D eigenvalue weighted by molar-refractivity contribution is -0.117. The molecule has 1 atom stereocenters. The zero-order chi connectivity index (χ0) is 15.3. The SMILES string of the molecule is CCC[C@@H](C)N(C(C)=O)c1ccc(C(=O)OC)cc1F. The number of rotatable bonds is 5. The molecule has 0 saturated carbocycles. The normalized spacial score (nSPS) is 11.8. The molecule has 4 nitrogen and oxygen atoms in total. The van der Waals surface area contributed by atoms with E-state index in [0.29, 0.717) is 0 Å². The summed E-state index contributed by atoms with van der Waals surface area (Å²) in [5.41, 5.74) is 0.312. The number of ether oxygens (including phenoxy) is 1. The Labute approximate surface area is 118 Å². The number of methoxy groups -OCH3 is 1. The van der Waals surface area contributed by atoms with Gasteiger partial charge in [-0.3, -0.25) is 4.79 Å². The van der Waals surface area contributed by atoms with E-state index in [1.165, 1.54) is 31.1 Å². The molecule has 0 aliphatic heterocycles. The molecule has 0 radical (unpaired) electrons. The van der Waals surface area contributed by atoms with Crippen molar-refractivity contribution < 1.29 is 18.7 Å². The molecule has 0 aliphatic carbocycles. The highest BCUT2D eigenvalue weighted by atomic mass is 19.1. The number of anilines is 1. The fourth-order valence-electron chi connectivity index (χ4n) is 2.21. The Morgan fingerprint density at radius 3 is 2.50 bits per heavy atom. The van der Waals surface area contributed by atoms with Crippen molar-refractivity contribution in [3.05, 3.63) is 29.6 Å². The fraction of sp³-hybridized carbons (Fsp3) is 0.467. The van der Waals surface area contributed by atoms with Gasteiger partial charge in [0.1, 0.15) is 5.82 Å². The van der Waals surface area contributed by atoms with Gasteiger partial charge in [0.05, 0.1) is 18.4 Å². The molecule has 1 amide bonds. The van der Waals surface area contributed by atoms with Gasteiger partial charge in [0.25, 0.3) is 0 Å². The van der Waals surface area contributed by atoms with E-state index >= 15 is 0 Å². The van der Waals surface area contributed by atoms with Gasteiger partial charge >= 0.3 is 5.97 Å². The molecule has 1 rings (SSSR count). The summed E-state index contributed by atoms with van der Waals surface area (Å²) < 4.78 is 18.7. The average molecular weight is 281 g/mol. The van der Waals surface area contributed by atoms with Crippen LogP contribution in [0.25, 0.3) is 0 Å². The summed E-state index contributed by atoms with van der Waals surface area (Å²) in [5.74, 6) is -1.44. The van der Waals surface area contributed by atoms with Crippen molar-refractivity contribution in [1.29, 1.82) is 0 Å². The lowest BCUT2D eigenvalue weighted by Gasteiger charge is -2.28. The first-order valence-electron chi connectivity index (χ1n) is 6.60. The van der Waals surface area contributed by atoms with E-state index in [0.717, 1.165) is 18.9 Å². The number of hydrogen-bond donors (Lipinski definition) is 0. The Hall–Kier alpha value is -1.91.